The van der Waals surface area contributed by atoms with Crippen LogP contribution in [0.4, 0.5) is 10.5 Å². The molecule has 2 aliphatic heterocycles. The lowest BCUT2D eigenvalue weighted by molar-refractivity contribution is -0.139. The molecule has 1 atom stereocenters. The van der Waals surface area contributed by atoms with Crippen molar-refractivity contribution in [3.8, 4) is 0 Å². The van der Waals surface area contributed by atoms with Gasteiger partial charge in [0.15, 0.2) is 0 Å². The van der Waals surface area contributed by atoms with Crippen molar-refractivity contribution < 1.29 is 9.59 Å². The monoisotopic (exact) mass is 433 g/mol. The van der Waals surface area contributed by atoms with Crippen molar-refractivity contribution in [3.63, 3.8) is 0 Å². The topological polar surface area (TPSA) is 52.7 Å². The van der Waals surface area contributed by atoms with E-state index in [0.717, 1.165) is 16.5 Å². The number of anilines is 1. The molecule has 2 aromatic carbocycles. The van der Waals surface area contributed by atoms with E-state index in [0.29, 0.717) is 23.8 Å². The summed E-state index contributed by atoms with van der Waals surface area (Å²) in [4.78, 5) is 28.7. The van der Waals surface area contributed by atoms with E-state index in [4.69, 9.17) is 11.6 Å². The van der Waals surface area contributed by atoms with E-state index in [9.17, 15) is 9.59 Å². The van der Waals surface area contributed by atoms with Crippen molar-refractivity contribution in [1.29, 1.82) is 0 Å². The molecular formula is C19H17BrClN3O2. The molecule has 2 heterocycles. The summed E-state index contributed by atoms with van der Waals surface area (Å²) in [7, 11) is 0. The number of nitrogens with zero attached hydrogens (tertiary/aromatic N) is 2. The molecule has 0 aromatic heterocycles. The molecule has 0 aliphatic carbocycles. The number of hydrogen-bond donors (Lipinski definition) is 1. The van der Waals surface area contributed by atoms with E-state index < -0.39 is 0 Å². The summed E-state index contributed by atoms with van der Waals surface area (Å²) < 4.78 is 0.836. The van der Waals surface area contributed by atoms with Gasteiger partial charge in [0, 0.05) is 17.6 Å². The van der Waals surface area contributed by atoms with Crippen molar-refractivity contribution in [2.24, 2.45) is 0 Å². The summed E-state index contributed by atoms with van der Waals surface area (Å²) in [5, 5.41) is 3.26. The minimum Gasteiger partial charge on any atom is -0.332 e. The molecule has 2 aliphatic rings. The van der Waals surface area contributed by atoms with E-state index in [1.54, 1.807) is 17.0 Å². The fourth-order valence-corrected chi connectivity index (χ4v) is 4.33. The largest absolute Gasteiger partial charge is 0.332 e. The van der Waals surface area contributed by atoms with Crippen LogP contribution in [0.3, 0.4) is 0 Å². The van der Waals surface area contributed by atoms with Crippen molar-refractivity contribution >= 4 is 45.2 Å². The lowest BCUT2D eigenvalue weighted by Gasteiger charge is -2.44. The fourth-order valence-electron chi connectivity index (χ4n) is 3.61. The predicted molar refractivity (Wildman–Crippen MR) is 104 cm³/mol. The van der Waals surface area contributed by atoms with Gasteiger partial charge in [-0.05, 0) is 35.7 Å². The molecule has 1 unspecified atom stereocenters. The van der Waals surface area contributed by atoms with Crippen LogP contribution in [0, 0.1) is 0 Å². The van der Waals surface area contributed by atoms with Crippen LogP contribution in [0.1, 0.15) is 17.2 Å². The normalized spacial score (nSPS) is 19.0. The van der Waals surface area contributed by atoms with E-state index in [2.05, 4.69) is 27.3 Å². The first-order valence-electron chi connectivity index (χ1n) is 8.41. The third kappa shape index (κ3) is 3.19. The van der Waals surface area contributed by atoms with Gasteiger partial charge in [0.25, 0.3) is 0 Å². The molecule has 3 amide bonds. The second-order valence-electron chi connectivity index (χ2n) is 6.49. The zero-order valence-corrected chi connectivity index (χ0v) is 16.3. The van der Waals surface area contributed by atoms with Gasteiger partial charge in [0.05, 0.1) is 16.8 Å². The predicted octanol–water partition coefficient (Wildman–Crippen LogP) is 4.08. The number of carbonyl (C=O) groups excluding carboxylic acids is 2. The Labute approximate surface area is 165 Å². The number of urea groups is 1. The molecule has 1 N–H and O–H groups in total. The molecule has 0 bridgehead atoms. The second-order valence-corrected chi connectivity index (χ2v) is 7.81. The molecule has 7 heteroatoms. The molecule has 0 saturated carbocycles. The van der Waals surface area contributed by atoms with Gasteiger partial charge >= 0.3 is 6.03 Å². The highest BCUT2D eigenvalue weighted by molar-refractivity contribution is 9.10. The highest BCUT2D eigenvalue weighted by atomic mass is 79.9. The first-order valence-corrected chi connectivity index (χ1v) is 9.58. The molecule has 134 valence electrons. The van der Waals surface area contributed by atoms with Crippen LogP contribution in [-0.4, -0.2) is 41.4 Å². The summed E-state index contributed by atoms with van der Waals surface area (Å²) in [5.41, 5.74) is 2.91. The van der Waals surface area contributed by atoms with E-state index in [-0.39, 0.29) is 24.5 Å². The first-order chi connectivity index (χ1) is 12.5. The maximum absolute atomic E-state index is 12.7. The smallest absolute Gasteiger partial charge is 0.322 e. The van der Waals surface area contributed by atoms with Gasteiger partial charge < -0.3 is 15.1 Å². The van der Waals surface area contributed by atoms with Gasteiger partial charge in [-0.25, -0.2) is 4.79 Å². The standard InChI is InChI=1S/C19H17BrClN3O2/c20-13-5-6-16(15(21)9-13)22-19(26)23-10-17-14-4-2-1-3-12(14)7-8-24(17)18(25)11-23/h1-6,9,17H,7-8,10-11H2,(H,22,26). The summed E-state index contributed by atoms with van der Waals surface area (Å²) in [5.74, 6) is -0.0205. The number of hydrogen-bond acceptors (Lipinski definition) is 2. The van der Waals surface area contributed by atoms with E-state index in [1.807, 2.05) is 29.2 Å². The van der Waals surface area contributed by atoms with Crippen LogP contribution < -0.4 is 5.32 Å². The van der Waals surface area contributed by atoms with E-state index >= 15 is 0 Å². The number of amides is 3. The molecule has 5 nitrogen and oxygen atoms in total. The van der Waals surface area contributed by atoms with Crippen molar-refractivity contribution in [1.82, 2.24) is 9.80 Å². The minimum absolute atomic E-state index is 0.0205. The molecule has 1 fully saturated rings. The molecule has 0 spiro atoms. The van der Waals surface area contributed by atoms with Crippen molar-refractivity contribution in [2.45, 2.75) is 12.5 Å². The maximum Gasteiger partial charge on any atom is 0.322 e. The number of carbonyl (C=O) groups is 2. The highest BCUT2D eigenvalue weighted by Gasteiger charge is 2.38. The van der Waals surface area contributed by atoms with Gasteiger partial charge in [-0.1, -0.05) is 51.8 Å². The molecular weight excluding hydrogens is 418 g/mol. The summed E-state index contributed by atoms with van der Waals surface area (Å²) in [6, 6.07) is 13.0. The average Bonchev–Trinajstić information content (AvgIpc) is 2.63. The Morgan fingerprint density at radius 2 is 2.04 bits per heavy atom. The number of rotatable bonds is 1. The van der Waals surface area contributed by atoms with Crippen molar-refractivity contribution in [2.75, 3.05) is 25.0 Å². The van der Waals surface area contributed by atoms with Crippen molar-refractivity contribution in [3.05, 3.63) is 63.1 Å². The Hall–Kier alpha value is -2.05. The summed E-state index contributed by atoms with van der Waals surface area (Å²) in [6.45, 7) is 1.26. The molecule has 26 heavy (non-hydrogen) atoms. The average molecular weight is 435 g/mol. The molecule has 2 aromatic rings. The van der Waals surface area contributed by atoms with Gasteiger partial charge in [-0.2, -0.15) is 0 Å². The van der Waals surface area contributed by atoms with Crippen LogP contribution in [-0.2, 0) is 11.2 Å². The van der Waals surface area contributed by atoms with Crippen LogP contribution in [0.25, 0.3) is 0 Å². The number of nitrogens with one attached hydrogen (secondary N) is 1. The Balaban J connectivity index is 1.55. The molecule has 4 rings (SSSR count). The lowest BCUT2D eigenvalue weighted by Crippen LogP contribution is -2.56. The molecule has 1 saturated heterocycles. The first kappa shape index (κ1) is 17.4. The Morgan fingerprint density at radius 3 is 2.85 bits per heavy atom. The third-order valence-electron chi connectivity index (χ3n) is 4.91. The van der Waals surface area contributed by atoms with Gasteiger partial charge in [0.2, 0.25) is 5.91 Å². The van der Waals surface area contributed by atoms with Crippen LogP contribution >= 0.6 is 27.5 Å². The van der Waals surface area contributed by atoms with Gasteiger partial charge in [-0.3, -0.25) is 4.79 Å². The maximum atomic E-state index is 12.7. The Bertz CT molecular complexity index is 889. The SMILES string of the molecule is O=C(Nc1ccc(Br)cc1Cl)N1CC(=O)N2CCc3ccccc3C2C1. The Kier molecular flexibility index (Phi) is 4.63. The Morgan fingerprint density at radius 1 is 1.23 bits per heavy atom. The van der Waals surface area contributed by atoms with Crippen LogP contribution in [0.15, 0.2) is 46.9 Å². The number of piperazine rings is 1. The minimum atomic E-state index is -0.315. The summed E-state index contributed by atoms with van der Waals surface area (Å²) in [6.07, 6.45) is 0.860. The highest BCUT2D eigenvalue weighted by Crippen LogP contribution is 2.33. The zero-order chi connectivity index (χ0) is 18.3. The van der Waals surface area contributed by atoms with Crippen LogP contribution in [0.2, 0.25) is 5.02 Å². The molecule has 0 radical (unpaired) electrons. The number of halogens is 2. The number of fused-ring (bicyclic) bond motifs is 3. The summed E-state index contributed by atoms with van der Waals surface area (Å²) >= 11 is 9.52. The lowest BCUT2D eigenvalue weighted by atomic mass is 9.91. The van der Waals surface area contributed by atoms with E-state index in [1.165, 1.54) is 5.56 Å². The second kappa shape index (κ2) is 6.93. The fraction of sp³-hybridized carbons (Fsp3) is 0.263. The quantitative estimate of drug-likeness (QED) is 0.735. The van der Waals surface area contributed by atoms with Gasteiger partial charge in [-0.15, -0.1) is 0 Å². The number of benzene rings is 2. The van der Waals surface area contributed by atoms with Gasteiger partial charge in [0.1, 0.15) is 6.54 Å². The third-order valence-corrected chi connectivity index (χ3v) is 5.72. The zero-order valence-electron chi connectivity index (χ0n) is 13.9. The van der Waals surface area contributed by atoms with Crippen LogP contribution in [0.5, 0.6) is 0 Å².